The number of hydrogen-bond donors (Lipinski definition) is 0. The molecule has 0 N–H and O–H groups in total. The number of nitrogens with zero attached hydrogens (tertiary/aromatic N) is 1. The third kappa shape index (κ3) is 3.30. The molecule has 1 atom stereocenters. The van der Waals surface area contributed by atoms with Gasteiger partial charge in [-0.1, -0.05) is 0 Å². The predicted molar refractivity (Wildman–Crippen MR) is 73.1 cm³/mol. The lowest BCUT2D eigenvalue weighted by Gasteiger charge is -2.40. The number of rotatable bonds is 3. The van der Waals surface area contributed by atoms with Crippen LogP contribution in [0.25, 0.3) is 0 Å². The minimum absolute atomic E-state index is 0.224. The van der Waals surface area contributed by atoms with Gasteiger partial charge in [0.15, 0.2) is 5.79 Å². The van der Waals surface area contributed by atoms with Crippen molar-refractivity contribution in [2.24, 2.45) is 0 Å². The molecule has 3 aliphatic rings. The van der Waals surface area contributed by atoms with Crippen LogP contribution in [0.5, 0.6) is 0 Å². The first-order valence-electron chi connectivity index (χ1n) is 7.87. The van der Waals surface area contributed by atoms with E-state index >= 15 is 0 Å². The van der Waals surface area contributed by atoms with Crippen molar-refractivity contribution in [1.29, 1.82) is 0 Å². The lowest BCUT2D eigenvalue weighted by molar-refractivity contribution is -0.184. The van der Waals surface area contributed by atoms with Crippen molar-refractivity contribution < 1.29 is 14.2 Å². The molecule has 110 valence electrons. The average Bonchev–Trinajstić information content (AvgIpc) is 2.89. The summed E-state index contributed by atoms with van der Waals surface area (Å²) < 4.78 is 17.4. The number of ether oxygens (including phenoxy) is 3. The van der Waals surface area contributed by atoms with Crippen LogP contribution in [0.15, 0.2) is 0 Å². The lowest BCUT2D eigenvalue weighted by atomic mass is 9.89. The second-order valence-electron chi connectivity index (χ2n) is 6.27. The first-order valence-corrected chi connectivity index (χ1v) is 7.87. The number of hydrogen-bond acceptors (Lipinski definition) is 4. The quantitative estimate of drug-likeness (QED) is 0.786. The Morgan fingerprint density at radius 2 is 1.74 bits per heavy atom. The fraction of sp³-hybridized carbons (Fsp3) is 1.00. The van der Waals surface area contributed by atoms with Gasteiger partial charge in [-0.25, -0.2) is 0 Å². The van der Waals surface area contributed by atoms with E-state index in [-0.39, 0.29) is 5.79 Å². The molecule has 19 heavy (non-hydrogen) atoms. The topological polar surface area (TPSA) is 30.9 Å². The fourth-order valence-electron chi connectivity index (χ4n) is 3.69. The highest BCUT2D eigenvalue weighted by atomic mass is 16.7. The number of likely N-dealkylation sites (N-methyl/N-ethyl adjacent to an activating group) is 1. The van der Waals surface area contributed by atoms with E-state index in [4.69, 9.17) is 14.2 Å². The summed E-state index contributed by atoms with van der Waals surface area (Å²) in [5.74, 6) is -0.224. The molecule has 4 heteroatoms. The summed E-state index contributed by atoms with van der Waals surface area (Å²) in [5, 5.41) is 0. The molecule has 1 unspecified atom stereocenters. The maximum Gasteiger partial charge on any atom is 0.168 e. The van der Waals surface area contributed by atoms with Crippen molar-refractivity contribution in [3.8, 4) is 0 Å². The second-order valence-corrected chi connectivity index (χ2v) is 6.27. The lowest BCUT2D eigenvalue weighted by Crippen LogP contribution is -2.45. The average molecular weight is 269 g/mol. The van der Waals surface area contributed by atoms with Crippen LogP contribution in [-0.2, 0) is 14.2 Å². The molecule has 3 rings (SSSR count). The van der Waals surface area contributed by atoms with Crippen molar-refractivity contribution in [3.63, 3.8) is 0 Å². The van der Waals surface area contributed by atoms with Crippen LogP contribution < -0.4 is 0 Å². The summed E-state index contributed by atoms with van der Waals surface area (Å²) in [6.45, 7) is 3.58. The molecule has 0 amide bonds. The zero-order chi connectivity index (χ0) is 13.1. The molecule has 1 aliphatic carbocycles. The van der Waals surface area contributed by atoms with Gasteiger partial charge in [-0.05, 0) is 39.2 Å². The summed E-state index contributed by atoms with van der Waals surface area (Å²) in [6.07, 6.45) is 8.71. The van der Waals surface area contributed by atoms with Gasteiger partial charge in [0.25, 0.3) is 0 Å². The van der Waals surface area contributed by atoms with Gasteiger partial charge in [0, 0.05) is 32.0 Å². The smallest absolute Gasteiger partial charge is 0.168 e. The van der Waals surface area contributed by atoms with E-state index in [1.165, 1.54) is 32.1 Å². The van der Waals surface area contributed by atoms with Gasteiger partial charge in [-0.15, -0.1) is 0 Å². The molecular weight excluding hydrogens is 242 g/mol. The molecule has 0 aromatic carbocycles. The first-order chi connectivity index (χ1) is 9.27. The van der Waals surface area contributed by atoms with Crippen LogP contribution in [0.2, 0.25) is 0 Å². The molecule has 4 nitrogen and oxygen atoms in total. The van der Waals surface area contributed by atoms with Crippen molar-refractivity contribution in [3.05, 3.63) is 0 Å². The molecule has 0 aromatic rings. The molecule has 1 spiro atoms. The Hall–Kier alpha value is -0.160. The van der Waals surface area contributed by atoms with Crippen LogP contribution in [0.3, 0.4) is 0 Å². The second kappa shape index (κ2) is 6.08. The van der Waals surface area contributed by atoms with E-state index in [2.05, 4.69) is 11.9 Å². The monoisotopic (exact) mass is 269 g/mol. The largest absolute Gasteiger partial charge is 0.377 e. The highest BCUT2D eigenvalue weighted by molar-refractivity contribution is 4.86. The van der Waals surface area contributed by atoms with Crippen molar-refractivity contribution in [2.45, 2.75) is 62.9 Å². The van der Waals surface area contributed by atoms with Crippen LogP contribution in [0.4, 0.5) is 0 Å². The summed E-state index contributed by atoms with van der Waals surface area (Å²) >= 11 is 0. The molecular formula is C15H27NO3. The van der Waals surface area contributed by atoms with Gasteiger partial charge in [-0.2, -0.15) is 0 Å². The van der Waals surface area contributed by atoms with Crippen molar-refractivity contribution >= 4 is 0 Å². The molecule has 0 bridgehead atoms. The maximum atomic E-state index is 5.84. The summed E-state index contributed by atoms with van der Waals surface area (Å²) in [7, 11) is 2.25. The third-order valence-corrected chi connectivity index (χ3v) is 4.92. The standard InChI is InChI=1S/C15H27NO3/c1-16(12-14-4-2-3-9-17-14)13-5-7-15(8-6-13)18-10-11-19-15/h13-14H,2-12H2,1H3. The molecule has 3 fully saturated rings. The Bertz CT molecular complexity index is 275. The van der Waals surface area contributed by atoms with E-state index < -0.39 is 0 Å². The van der Waals surface area contributed by atoms with Crippen molar-refractivity contribution in [2.75, 3.05) is 33.4 Å². The van der Waals surface area contributed by atoms with E-state index in [0.29, 0.717) is 12.1 Å². The Morgan fingerprint density at radius 1 is 1.00 bits per heavy atom. The van der Waals surface area contributed by atoms with Gasteiger partial charge in [0.05, 0.1) is 19.3 Å². The van der Waals surface area contributed by atoms with Crippen LogP contribution >= 0.6 is 0 Å². The maximum absolute atomic E-state index is 5.84. The molecule has 2 saturated heterocycles. The van der Waals surface area contributed by atoms with Crippen LogP contribution in [-0.4, -0.2) is 56.2 Å². The minimum Gasteiger partial charge on any atom is -0.377 e. The van der Waals surface area contributed by atoms with E-state index in [1.54, 1.807) is 0 Å². The summed E-state index contributed by atoms with van der Waals surface area (Å²) in [4.78, 5) is 2.50. The van der Waals surface area contributed by atoms with Gasteiger partial charge in [-0.3, -0.25) is 0 Å². The SMILES string of the molecule is CN(CC1CCCCO1)C1CCC2(CC1)OCCO2. The fourth-order valence-corrected chi connectivity index (χ4v) is 3.69. The molecule has 1 saturated carbocycles. The highest BCUT2D eigenvalue weighted by Gasteiger charge is 2.41. The van der Waals surface area contributed by atoms with Crippen molar-refractivity contribution in [1.82, 2.24) is 4.90 Å². The molecule has 0 aromatic heterocycles. The first kappa shape index (κ1) is 13.8. The summed E-state index contributed by atoms with van der Waals surface area (Å²) in [6, 6.07) is 0.670. The molecule has 2 aliphatic heterocycles. The molecule has 2 heterocycles. The van der Waals surface area contributed by atoms with Gasteiger partial charge >= 0.3 is 0 Å². The van der Waals surface area contributed by atoms with Gasteiger partial charge in [0.1, 0.15) is 0 Å². The Morgan fingerprint density at radius 3 is 2.37 bits per heavy atom. The Balaban J connectivity index is 1.44. The van der Waals surface area contributed by atoms with E-state index in [1.807, 2.05) is 0 Å². The Kier molecular flexibility index (Phi) is 4.42. The zero-order valence-electron chi connectivity index (χ0n) is 12.1. The normalized spacial score (nSPS) is 32.2. The van der Waals surface area contributed by atoms with Gasteiger partial charge < -0.3 is 19.1 Å². The van der Waals surface area contributed by atoms with Crippen LogP contribution in [0.1, 0.15) is 44.9 Å². The highest BCUT2D eigenvalue weighted by Crippen LogP contribution is 2.37. The zero-order valence-corrected chi connectivity index (χ0v) is 12.1. The van der Waals surface area contributed by atoms with Gasteiger partial charge in [0.2, 0.25) is 0 Å². The summed E-state index contributed by atoms with van der Waals surface area (Å²) in [5.41, 5.74) is 0. The minimum atomic E-state index is -0.224. The van der Waals surface area contributed by atoms with Crippen LogP contribution in [0, 0.1) is 0 Å². The predicted octanol–water partition coefficient (Wildman–Crippen LogP) is 2.17. The molecule has 0 radical (unpaired) electrons. The van der Waals surface area contributed by atoms with E-state index in [9.17, 15) is 0 Å². The Labute approximate surface area is 116 Å². The third-order valence-electron chi connectivity index (χ3n) is 4.92. The van der Waals surface area contributed by atoms with E-state index in [0.717, 1.165) is 39.2 Å².